The fourth-order valence-electron chi connectivity index (χ4n) is 3.78. The van der Waals surface area contributed by atoms with Crippen LogP contribution in [0.2, 0.25) is 0 Å². The van der Waals surface area contributed by atoms with Crippen molar-refractivity contribution >= 4 is 29.4 Å². The third-order valence-electron chi connectivity index (χ3n) is 5.73. The largest absolute Gasteiger partial charge is 0.493 e. The number of ether oxygens (including phenoxy) is 4. The highest BCUT2D eigenvalue weighted by molar-refractivity contribution is 5.78. The predicted molar refractivity (Wildman–Crippen MR) is 159 cm³/mol. The number of aromatic nitrogens is 3. The summed E-state index contributed by atoms with van der Waals surface area (Å²) in [5.74, 6) is 2.05. The molecule has 0 spiro atoms. The zero-order valence-electron chi connectivity index (χ0n) is 24.0. The number of carbonyl (C=O) groups excluding carboxylic acids is 1. The molecule has 0 atom stereocenters. The van der Waals surface area contributed by atoms with Crippen molar-refractivity contribution in [3.05, 3.63) is 53.6 Å². The molecule has 14 nitrogen and oxygen atoms in total. The van der Waals surface area contributed by atoms with Crippen LogP contribution in [0.1, 0.15) is 11.1 Å². The Kier molecular flexibility index (Phi) is 14.0. The zero-order valence-corrected chi connectivity index (χ0v) is 24.0. The van der Waals surface area contributed by atoms with Crippen LogP contribution in [-0.2, 0) is 27.2 Å². The highest BCUT2D eigenvalue weighted by Crippen LogP contribution is 2.31. The number of hydrogen-bond acceptors (Lipinski definition) is 13. The molecule has 3 rings (SSSR count). The number of methoxy groups -OCH3 is 2. The molecule has 0 saturated heterocycles. The van der Waals surface area contributed by atoms with E-state index in [-0.39, 0.29) is 25.5 Å². The zero-order chi connectivity index (χ0) is 30.0. The van der Waals surface area contributed by atoms with Gasteiger partial charge in [0, 0.05) is 37.4 Å². The summed E-state index contributed by atoms with van der Waals surface area (Å²) >= 11 is 0. The highest BCUT2D eigenvalue weighted by atomic mass is 16.5. The predicted octanol–water partition coefficient (Wildman–Crippen LogP) is 1.30. The Morgan fingerprint density at radius 3 is 2.26 bits per heavy atom. The summed E-state index contributed by atoms with van der Waals surface area (Å²) in [6.07, 6.45) is 0.239. The van der Waals surface area contributed by atoms with Crippen molar-refractivity contribution in [2.75, 3.05) is 82.8 Å². The van der Waals surface area contributed by atoms with Crippen LogP contribution in [0, 0.1) is 0 Å². The molecule has 0 aliphatic rings. The highest BCUT2D eigenvalue weighted by Gasteiger charge is 2.12. The van der Waals surface area contributed by atoms with Crippen molar-refractivity contribution in [1.82, 2.24) is 20.3 Å². The molecule has 1 heterocycles. The number of aliphatic hydroxyl groups excluding tert-OH is 1. The maximum Gasteiger partial charge on any atom is 0.233 e. The maximum absolute atomic E-state index is 12.3. The van der Waals surface area contributed by atoms with E-state index in [1.807, 2.05) is 42.5 Å². The Hall–Kier alpha value is -4.24. The lowest BCUT2D eigenvalue weighted by Gasteiger charge is -2.14. The average Bonchev–Trinajstić information content (AvgIpc) is 3.01. The van der Waals surface area contributed by atoms with E-state index in [4.69, 9.17) is 24.7 Å². The lowest BCUT2D eigenvalue weighted by molar-refractivity contribution is -0.120. The maximum atomic E-state index is 12.3. The standard InChI is InChI=1S/C28H40N8O6/c1-39-23-5-3-4-21(25(23)40-2)19-32-27-34-26(31-11-13-37)35-28(36-27)33-22-8-6-20(7-9-22)18-24(38)30-12-15-42-17-16-41-14-10-29/h3-9,37H,10-19,29H2,1-2H3,(H,30,38)(H3,31,32,33,34,35,36). The summed E-state index contributed by atoms with van der Waals surface area (Å²) in [5.41, 5.74) is 7.79. The summed E-state index contributed by atoms with van der Waals surface area (Å²) in [7, 11) is 3.17. The van der Waals surface area contributed by atoms with E-state index in [0.29, 0.717) is 75.4 Å². The van der Waals surface area contributed by atoms with Gasteiger partial charge in [0.2, 0.25) is 23.8 Å². The Morgan fingerprint density at radius 1 is 0.857 bits per heavy atom. The molecule has 0 aliphatic carbocycles. The van der Waals surface area contributed by atoms with Gasteiger partial charge >= 0.3 is 0 Å². The van der Waals surface area contributed by atoms with Gasteiger partial charge in [-0.1, -0.05) is 24.3 Å². The molecule has 2 aromatic carbocycles. The molecule has 14 heteroatoms. The first-order valence-corrected chi connectivity index (χ1v) is 13.6. The minimum Gasteiger partial charge on any atom is -0.493 e. The van der Waals surface area contributed by atoms with Gasteiger partial charge in [-0.25, -0.2) is 0 Å². The molecule has 42 heavy (non-hydrogen) atoms. The molecule has 0 bridgehead atoms. The van der Waals surface area contributed by atoms with Gasteiger partial charge in [-0.15, -0.1) is 0 Å². The summed E-state index contributed by atoms with van der Waals surface area (Å²) in [6, 6.07) is 13.0. The number of nitrogens with one attached hydrogen (secondary N) is 4. The van der Waals surface area contributed by atoms with E-state index < -0.39 is 0 Å². The average molecular weight is 585 g/mol. The summed E-state index contributed by atoms with van der Waals surface area (Å²) in [6.45, 7) is 3.32. The third kappa shape index (κ3) is 11.0. The van der Waals surface area contributed by atoms with Gasteiger partial charge in [-0.3, -0.25) is 4.79 Å². The van der Waals surface area contributed by atoms with E-state index in [1.165, 1.54) is 0 Å². The fraction of sp³-hybridized carbons (Fsp3) is 0.429. The number of nitrogens with zero attached hydrogens (tertiary/aromatic N) is 3. The van der Waals surface area contributed by atoms with Gasteiger partial charge in [0.1, 0.15) is 0 Å². The lowest BCUT2D eigenvalue weighted by atomic mass is 10.1. The van der Waals surface area contributed by atoms with Crippen LogP contribution in [0.3, 0.4) is 0 Å². The van der Waals surface area contributed by atoms with E-state index >= 15 is 0 Å². The van der Waals surface area contributed by atoms with E-state index in [1.54, 1.807) is 14.2 Å². The summed E-state index contributed by atoms with van der Waals surface area (Å²) < 4.78 is 21.5. The fourth-order valence-corrected chi connectivity index (χ4v) is 3.78. The Morgan fingerprint density at radius 2 is 1.57 bits per heavy atom. The number of aliphatic hydroxyl groups is 1. The molecule has 0 radical (unpaired) electrons. The second kappa shape index (κ2) is 18.2. The second-order valence-corrected chi connectivity index (χ2v) is 8.82. The van der Waals surface area contributed by atoms with Gasteiger partial charge < -0.3 is 51.1 Å². The third-order valence-corrected chi connectivity index (χ3v) is 5.73. The van der Waals surface area contributed by atoms with Crippen molar-refractivity contribution in [3.63, 3.8) is 0 Å². The van der Waals surface area contributed by atoms with Crippen molar-refractivity contribution in [3.8, 4) is 11.5 Å². The van der Waals surface area contributed by atoms with E-state index in [9.17, 15) is 9.90 Å². The molecule has 228 valence electrons. The smallest absolute Gasteiger partial charge is 0.233 e. The number of para-hydroxylation sites is 1. The summed E-state index contributed by atoms with van der Waals surface area (Å²) in [5, 5.41) is 21.4. The Labute approximate surface area is 245 Å². The van der Waals surface area contributed by atoms with Crippen LogP contribution in [0.15, 0.2) is 42.5 Å². The molecule has 0 unspecified atom stereocenters. The molecule has 0 fully saturated rings. The monoisotopic (exact) mass is 584 g/mol. The minimum atomic E-state index is -0.0980. The van der Waals surface area contributed by atoms with Crippen molar-refractivity contribution in [2.45, 2.75) is 13.0 Å². The second-order valence-electron chi connectivity index (χ2n) is 8.82. The first-order chi connectivity index (χ1) is 20.6. The minimum absolute atomic E-state index is 0.0789. The molecular weight excluding hydrogens is 544 g/mol. The van der Waals surface area contributed by atoms with Gasteiger partial charge in [-0.2, -0.15) is 15.0 Å². The van der Waals surface area contributed by atoms with Crippen LogP contribution in [0.4, 0.5) is 23.5 Å². The Bertz CT molecular complexity index is 1230. The normalized spacial score (nSPS) is 10.7. The van der Waals surface area contributed by atoms with E-state index in [0.717, 1.165) is 16.8 Å². The van der Waals surface area contributed by atoms with Crippen molar-refractivity contribution in [1.29, 1.82) is 0 Å². The molecule has 3 aromatic rings. The number of carbonyl (C=O) groups is 1. The van der Waals surface area contributed by atoms with Gasteiger partial charge in [0.05, 0.1) is 53.7 Å². The van der Waals surface area contributed by atoms with Gasteiger partial charge in [-0.05, 0) is 23.8 Å². The van der Waals surface area contributed by atoms with Crippen LogP contribution in [-0.4, -0.2) is 92.9 Å². The number of rotatable bonds is 20. The van der Waals surface area contributed by atoms with Crippen LogP contribution < -0.4 is 36.5 Å². The molecule has 0 aliphatic heterocycles. The first-order valence-electron chi connectivity index (χ1n) is 13.6. The number of anilines is 4. The topological polar surface area (TPSA) is 187 Å². The lowest BCUT2D eigenvalue weighted by Crippen LogP contribution is -2.29. The SMILES string of the molecule is COc1cccc(CNc2nc(NCCO)nc(Nc3ccc(CC(=O)NCCOCCOCCN)cc3)n2)c1OC. The number of nitrogens with two attached hydrogens (primary N) is 1. The number of hydrogen-bond donors (Lipinski definition) is 6. The molecule has 1 aromatic heterocycles. The van der Waals surface area contributed by atoms with Gasteiger partial charge in [0.25, 0.3) is 0 Å². The Balaban J connectivity index is 1.56. The first kappa shape index (κ1) is 32.3. The van der Waals surface area contributed by atoms with Gasteiger partial charge in [0.15, 0.2) is 11.5 Å². The van der Waals surface area contributed by atoms with Crippen molar-refractivity contribution < 1.29 is 28.8 Å². The van der Waals surface area contributed by atoms with Crippen LogP contribution in [0.25, 0.3) is 0 Å². The van der Waals surface area contributed by atoms with Crippen LogP contribution >= 0.6 is 0 Å². The molecular formula is C28H40N8O6. The van der Waals surface area contributed by atoms with Crippen LogP contribution in [0.5, 0.6) is 11.5 Å². The number of amides is 1. The number of benzene rings is 2. The summed E-state index contributed by atoms with van der Waals surface area (Å²) in [4.78, 5) is 25.5. The molecule has 1 amide bonds. The van der Waals surface area contributed by atoms with Crippen molar-refractivity contribution in [2.24, 2.45) is 5.73 Å². The quantitative estimate of drug-likeness (QED) is 0.104. The molecule has 0 saturated carbocycles. The molecule has 7 N–H and O–H groups in total. The van der Waals surface area contributed by atoms with E-state index in [2.05, 4.69) is 36.2 Å².